The largest absolute Gasteiger partial charge is 0.514 e. The van der Waals surface area contributed by atoms with E-state index in [1.54, 1.807) is 71.9 Å². The fraction of sp³-hybridized carbons (Fsp3) is 0.448. The topological polar surface area (TPSA) is 159 Å². The molecule has 2 rings (SSSR count). The van der Waals surface area contributed by atoms with Crippen molar-refractivity contribution in [1.29, 1.82) is 0 Å². The number of carbonyl (C=O) groups is 4. The summed E-state index contributed by atoms with van der Waals surface area (Å²) >= 11 is 0. The minimum atomic E-state index is -1.65. The molecule has 0 aliphatic carbocycles. The monoisotopic (exact) mass is 575 g/mol. The van der Waals surface area contributed by atoms with Crippen LogP contribution in [0.25, 0.3) is 0 Å². The van der Waals surface area contributed by atoms with Gasteiger partial charge in [-0.1, -0.05) is 24.3 Å². The molecule has 1 atom stereocenters. The standard InChI is InChI=1S/C29H37NO11/c1-27(2,3)40-25(33)38-21-14-13-19(17-22(21)39-26(34)41-28(4,5)6)18-29(30,23(31)35-7)15-16-36-24(32)37-20-11-9-8-10-12-20/h8-14,17H,15-16,18,30H2,1-7H3/t29-/m1/s1. The van der Waals surface area contributed by atoms with Gasteiger partial charge >= 0.3 is 24.4 Å². The number of methoxy groups -OCH3 is 1. The van der Waals surface area contributed by atoms with E-state index in [4.69, 9.17) is 38.9 Å². The number of para-hydroxylation sites is 1. The van der Waals surface area contributed by atoms with Crippen LogP contribution in [0.2, 0.25) is 0 Å². The normalized spacial score (nSPS) is 12.8. The van der Waals surface area contributed by atoms with Gasteiger partial charge in [0.05, 0.1) is 13.7 Å². The zero-order valence-corrected chi connectivity index (χ0v) is 24.3. The van der Waals surface area contributed by atoms with Gasteiger partial charge in [0.25, 0.3) is 0 Å². The highest BCUT2D eigenvalue weighted by Crippen LogP contribution is 2.32. The van der Waals surface area contributed by atoms with Crippen molar-refractivity contribution in [2.24, 2.45) is 5.73 Å². The van der Waals surface area contributed by atoms with Crippen LogP contribution >= 0.6 is 0 Å². The lowest BCUT2D eigenvalue weighted by atomic mass is 9.88. The summed E-state index contributed by atoms with van der Waals surface area (Å²) in [7, 11) is 1.17. The van der Waals surface area contributed by atoms with Crippen LogP contribution in [0, 0.1) is 0 Å². The Morgan fingerprint density at radius 2 is 1.29 bits per heavy atom. The van der Waals surface area contributed by atoms with E-state index >= 15 is 0 Å². The fourth-order valence-electron chi connectivity index (χ4n) is 3.31. The first-order valence-corrected chi connectivity index (χ1v) is 12.7. The molecule has 12 nitrogen and oxygen atoms in total. The average Bonchev–Trinajstić information content (AvgIpc) is 2.83. The van der Waals surface area contributed by atoms with Crippen molar-refractivity contribution in [2.45, 2.75) is 71.1 Å². The lowest BCUT2D eigenvalue weighted by Crippen LogP contribution is -2.51. The molecule has 0 aliphatic rings. The van der Waals surface area contributed by atoms with Gasteiger partial charge in [-0.2, -0.15) is 0 Å². The average molecular weight is 576 g/mol. The van der Waals surface area contributed by atoms with Crippen LogP contribution in [-0.4, -0.2) is 54.9 Å². The molecule has 2 aromatic carbocycles. The van der Waals surface area contributed by atoms with E-state index in [1.807, 2.05) is 0 Å². The Labute approximate surface area is 238 Å². The first kappa shape index (κ1) is 32.9. The number of benzene rings is 2. The molecule has 0 fully saturated rings. The van der Waals surface area contributed by atoms with E-state index < -0.39 is 41.2 Å². The minimum absolute atomic E-state index is 0.131. The predicted octanol–water partition coefficient (Wildman–Crippen LogP) is 5.33. The zero-order chi connectivity index (χ0) is 30.8. The quantitative estimate of drug-likeness (QED) is 0.233. The highest BCUT2D eigenvalue weighted by Gasteiger charge is 2.36. The van der Waals surface area contributed by atoms with Gasteiger partial charge in [-0.3, -0.25) is 4.79 Å². The molecule has 12 heteroatoms. The second-order valence-electron chi connectivity index (χ2n) is 11.0. The molecule has 224 valence electrons. The smallest absolute Gasteiger partial charge is 0.468 e. The molecule has 0 saturated heterocycles. The van der Waals surface area contributed by atoms with Crippen LogP contribution in [0.5, 0.6) is 17.2 Å². The number of nitrogens with two attached hydrogens (primary N) is 1. The van der Waals surface area contributed by atoms with Gasteiger partial charge in [0.15, 0.2) is 11.5 Å². The molecular formula is C29H37NO11. The summed E-state index contributed by atoms with van der Waals surface area (Å²) in [6.45, 7) is 9.67. The third-order valence-corrected chi connectivity index (χ3v) is 5.00. The number of hydrogen-bond acceptors (Lipinski definition) is 12. The van der Waals surface area contributed by atoms with E-state index in [2.05, 4.69) is 0 Å². The second kappa shape index (κ2) is 13.8. The second-order valence-corrected chi connectivity index (χ2v) is 11.0. The fourth-order valence-corrected chi connectivity index (χ4v) is 3.31. The minimum Gasteiger partial charge on any atom is -0.468 e. The van der Waals surface area contributed by atoms with Crippen LogP contribution < -0.4 is 19.9 Å². The first-order valence-electron chi connectivity index (χ1n) is 12.7. The third-order valence-electron chi connectivity index (χ3n) is 5.00. The Hall–Kier alpha value is -4.32. The maximum atomic E-state index is 12.7. The van der Waals surface area contributed by atoms with Crippen molar-refractivity contribution in [1.82, 2.24) is 0 Å². The Bertz CT molecular complexity index is 1220. The van der Waals surface area contributed by atoms with E-state index in [0.717, 1.165) is 0 Å². The van der Waals surface area contributed by atoms with Gasteiger partial charge < -0.3 is 38.9 Å². The van der Waals surface area contributed by atoms with Crippen molar-refractivity contribution in [3.05, 3.63) is 54.1 Å². The van der Waals surface area contributed by atoms with E-state index in [0.29, 0.717) is 5.56 Å². The molecule has 0 heterocycles. The van der Waals surface area contributed by atoms with Gasteiger partial charge in [-0.15, -0.1) is 0 Å². The van der Waals surface area contributed by atoms with Crippen molar-refractivity contribution < 1.29 is 52.3 Å². The highest BCUT2D eigenvalue weighted by atomic mass is 16.8. The summed E-state index contributed by atoms with van der Waals surface area (Å²) in [5.41, 5.74) is 3.45. The Morgan fingerprint density at radius 3 is 1.83 bits per heavy atom. The molecule has 0 radical (unpaired) electrons. The molecule has 0 unspecified atom stereocenters. The Balaban J connectivity index is 2.23. The van der Waals surface area contributed by atoms with E-state index in [9.17, 15) is 19.2 Å². The highest BCUT2D eigenvalue weighted by molar-refractivity contribution is 5.81. The molecule has 0 saturated carbocycles. The lowest BCUT2D eigenvalue weighted by Gasteiger charge is -2.27. The summed E-state index contributed by atoms with van der Waals surface area (Å²) < 4.78 is 36.0. The van der Waals surface area contributed by atoms with Gasteiger partial charge in [-0.25, -0.2) is 14.4 Å². The van der Waals surface area contributed by atoms with Crippen molar-refractivity contribution in [2.75, 3.05) is 13.7 Å². The molecule has 0 bridgehead atoms. The van der Waals surface area contributed by atoms with Crippen molar-refractivity contribution in [3.63, 3.8) is 0 Å². The Kier molecular flexibility index (Phi) is 11.1. The third kappa shape index (κ3) is 11.8. The van der Waals surface area contributed by atoms with Crippen LogP contribution in [0.3, 0.4) is 0 Å². The number of rotatable bonds is 9. The SMILES string of the molecule is COC(=O)[C@@](N)(CCOC(=O)Oc1ccccc1)Cc1ccc(OC(=O)OC(C)(C)C)c(OC(=O)OC(C)(C)C)c1. The summed E-state index contributed by atoms with van der Waals surface area (Å²) in [4.78, 5) is 49.4. The number of esters is 1. The maximum absolute atomic E-state index is 12.7. The Morgan fingerprint density at radius 1 is 0.732 bits per heavy atom. The summed E-state index contributed by atoms with van der Waals surface area (Å²) in [6, 6.07) is 12.5. The summed E-state index contributed by atoms with van der Waals surface area (Å²) in [5.74, 6) is -0.809. The lowest BCUT2D eigenvalue weighted by molar-refractivity contribution is -0.147. The first-order chi connectivity index (χ1) is 19.0. The number of ether oxygens (including phenoxy) is 7. The van der Waals surface area contributed by atoms with Gasteiger partial charge in [0, 0.05) is 12.8 Å². The van der Waals surface area contributed by atoms with E-state index in [1.165, 1.54) is 25.3 Å². The number of carbonyl (C=O) groups excluding carboxylic acids is 4. The van der Waals surface area contributed by atoms with Crippen LogP contribution in [-0.2, 0) is 30.2 Å². The summed E-state index contributed by atoms with van der Waals surface area (Å²) in [6.07, 6.45) is -3.32. The summed E-state index contributed by atoms with van der Waals surface area (Å²) in [5, 5.41) is 0. The molecule has 0 aliphatic heterocycles. The van der Waals surface area contributed by atoms with Gasteiger partial charge in [-0.05, 0) is 71.4 Å². The molecule has 41 heavy (non-hydrogen) atoms. The molecule has 0 spiro atoms. The van der Waals surface area contributed by atoms with Gasteiger partial charge in [0.1, 0.15) is 22.5 Å². The zero-order valence-electron chi connectivity index (χ0n) is 24.3. The maximum Gasteiger partial charge on any atom is 0.514 e. The number of hydrogen-bond donors (Lipinski definition) is 1. The van der Waals surface area contributed by atoms with Crippen molar-refractivity contribution in [3.8, 4) is 17.2 Å². The van der Waals surface area contributed by atoms with Crippen LogP contribution in [0.1, 0.15) is 53.5 Å². The van der Waals surface area contributed by atoms with Gasteiger partial charge in [0.2, 0.25) is 0 Å². The molecule has 0 amide bonds. The molecule has 2 aromatic rings. The molecular weight excluding hydrogens is 538 g/mol. The molecule has 2 N–H and O–H groups in total. The van der Waals surface area contributed by atoms with E-state index in [-0.39, 0.29) is 36.7 Å². The predicted molar refractivity (Wildman–Crippen MR) is 146 cm³/mol. The van der Waals surface area contributed by atoms with Crippen LogP contribution in [0.15, 0.2) is 48.5 Å². The molecule has 0 aromatic heterocycles. The van der Waals surface area contributed by atoms with Crippen LogP contribution in [0.4, 0.5) is 14.4 Å². The van der Waals surface area contributed by atoms with Crippen molar-refractivity contribution >= 4 is 24.4 Å².